The van der Waals surface area contributed by atoms with Crippen molar-refractivity contribution >= 4 is 5.97 Å². The molecule has 1 aromatic rings. The molecule has 0 aliphatic heterocycles. The molecular formula is C13H16F2O2. The summed E-state index contributed by atoms with van der Waals surface area (Å²) >= 11 is 0. The van der Waals surface area contributed by atoms with Gasteiger partial charge in [0.05, 0.1) is 5.92 Å². The van der Waals surface area contributed by atoms with E-state index in [2.05, 4.69) is 0 Å². The fourth-order valence-electron chi connectivity index (χ4n) is 2.06. The first-order chi connectivity index (χ1) is 7.97. The number of aliphatic carboxylic acids is 1. The molecule has 1 rings (SSSR count). The summed E-state index contributed by atoms with van der Waals surface area (Å²) in [5.74, 6) is -3.66. The van der Waals surface area contributed by atoms with Crippen molar-refractivity contribution in [1.29, 1.82) is 0 Å². The second-order valence-corrected chi connectivity index (χ2v) is 4.25. The van der Waals surface area contributed by atoms with Gasteiger partial charge in [-0.05, 0) is 18.4 Å². The molecule has 17 heavy (non-hydrogen) atoms. The van der Waals surface area contributed by atoms with Gasteiger partial charge < -0.3 is 5.11 Å². The van der Waals surface area contributed by atoms with Crippen LogP contribution in [0.25, 0.3) is 0 Å². The molecule has 0 bridgehead atoms. The lowest BCUT2D eigenvalue weighted by atomic mass is 9.84. The summed E-state index contributed by atoms with van der Waals surface area (Å²) in [6.45, 7) is 3.71. The van der Waals surface area contributed by atoms with Crippen molar-refractivity contribution in [2.45, 2.75) is 32.6 Å². The van der Waals surface area contributed by atoms with Crippen molar-refractivity contribution in [1.82, 2.24) is 0 Å². The van der Waals surface area contributed by atoms with Gasteiger partial charge in [0.15, 0.2) is 0 Å². The number of halogens is 2. The first-order valence-electron chi connectivity index (χ1n) is 5.65. The van der Waals surface area contributed by atoms with Gasteiger partial charge in [0.2, 0.25) is 0 Å². The summed E-state index contributed by atoms with van der Waals surface area (Å²) in [7, 11) is 0. The van der Waals surface area contributed by atoms with Crippen molar-refractivity contribution in [3.8, 4) is 0 Å². The number of benzene rings is 1. The van der Waals surface area contributed by atoms with Gasteiger partial charge in [-0.25, -0.2) is 8.78 Å². The number of hydrogen-bond donors (Lipinski definition) is 1. The Hall–Kier alpha value is -1.45. The van der Waals surface area contributed by atoms with E-state index >= 15 is 0 Å². The molecule has 0 aromatic heterocycles. The third kappa shape index (κ3) is 3.25. The molecule has 0 fully saturated rings. The van der Waals surface area contributed by atoms with E-state index in [1.165, 1.54) is 6.07 Å². The molecule has 0 saturated heterocycles. The summed E-state index contributed by atoms with van der Waals surface area (Å²) in [6, 6.07) is 3.03. The maximum atomic E-state index is 13.6. The SMILES string of the molecule is CCCC(C)C(C(=O)O)c1ccc(F)cc1F. The third-order valence-electron chi connectivity index (χ3n) is 2.88. The fraction of sp³-hybridized carbons (Fsp3) is 0.462. The van der Waals surface area contributed by atoms with Crippen LogP contribution in [0.15, 0.2) is 18.2 Å². The summed E-state index contributed by atoms with van der Waals surface area (Å²) in [4.78, 5) is 11.2. The first kappa shape index (κ1) is 13.6. The lowest BCUT2D eigenvalue weighted by molar-refractivity contribution is -0.140. The maximum Gasteiger partial charge on any atom is 0.311 e. The van der Waals surface area contributed by atoms with Crippen molar-refractivity contribution in [3.05, 3.63) is 35.4 Å². The number of rotatable bonds is 5. The highest BCUT2D eigenvalue weighted by Gasteiger charge is 2.28. The summed E-state index contributed by atoms with van der Waals surface area (Å²) in [5.41, 5.74) is 0.0554. The van der Waals surface area contributed by atoms with Crippen molar-refractivity contribution < 1.29 is 18.7 Å². The van der Waals surface area contributed by atoms with E-state index in [1.54, 1.807) is 6.92 Å². The lowest BCUT2D eigenvalue weighted by Gasteiger charge is -2.20. The minimum atomic E-state index is -1.07. The Labute approximate surface area is 99.3 Å². The number of carboxylic acids is 1. The van der Waals surface area contributed by atoms with Crippen LogP contribution in [0.2, 0.25) is 0 Å². The Kier molecular flexibility index (Phi) is 4.61. The molecule has 2 unspecified atom stereocenters. The molecule has 0 aliphatic carbocycles. The molecule has 0 spiro atoms. The number of carbonyl (C=O) groups is 1. The van der Waals surface area contributed by atoms with Crippen LogP contribution >= 0.6 is 0 Å². The molecule has 0 aliphatic rings. The molecule has 0 heterocycles. The molecule has 1 aromatic carbocycles. The van der Waals surface area contributed by atoms with Crippen molar-refractivity contribution in [2.75, 3.05) is 0 Å². The molecule has 0 radical (unpaired) electrons. The molecule has 0 saturated carbocycles. The minimum absolute atomic E-state index is 0.0554. The van der Waals surface area contributed by atoms with Crippen LogP contribution in [0.1, 0.15) is 38.2 Å². The van der Waals surface area contributed by atoms with E-state index in [0.717, 1.165) is 18.6 Å². The van der Waals surface area contributed by atoms with Crippen LogP contribution in [0.4, 0.5) is 8.78 Å². The van der Waals surface area contributed by atoms with E-state index < -0.39 is 23.5 Å². The monoisotopic (exact) mass is 242 g/mol. The van der Waals surface area contributed by atoms with Crippen LogP contribution in [0.3, 0.4) is 0 Å². The van der Waals surface area contributed by atoms with E-state index in [4.69, 9.17) is 5.11 Å². The predicted molar refractivity (Wildman–Crippen MR) is 60.8 cm³/mol. The quantitative estimate of drug-likeness (QED) is 0.857. The average molecular weight is 242 g/mol. The topological polar surface area (TPSA) is 37.3 Å². The largest absolute Gasteiger partial charge is 0.481 e. The molecular weight excluding hydrogens is 226 g/mol. The summed E-state index contributed by atoms with van der Waals surface area (Å²) in [5, 5.41) is 9.16. The van der Waals surface area contributed by atoms with Crippen molar-refractivity contribution in [2.24, 2.45) is 5.92 Å². The maximum absolute atomic E-state index is 13.6. The Morgan fingerprint density at radius 3 is 2.53 bits per heavy atom. The molecule has 94 valence electrons. The molecule has 0 amide bonds. The molecule has 1 N–H and O–H groups in total. The zero-order valence-corrected chi connectivity index (χ0v) is 9.91. The van der Waals surface area contributed by atoms with Crippen LogP contribution in [0, 0.1) is 17.6 Å². The Morgan fingerprint density at radius 1 is 1.41 bits per heavy atom. The smallest absolute Gasteiger partial charge is 0.311 e. The standard InChI is InChI=1S/C13H16F2O2/c1-3-4-8(2)12(13(16)17)10-6-5-9(14)7-11(10)15/h5-8,12H,3-4H2,1-2H3,(H,16,17). The second kappa shape index (κ2) is 5.75. The van der Waals surface area contributed by atoms with Gasteiger partial charge >= 0.3 is 5.97 Å². The van der Waals surface area contributed by atoms with Crippen LogP contribution < -0.4 is 0 Å². The molecule has 2 atom stereocenters. The number of hydrogen-bond acceptors (Lipinski definition) is 1. The van der Waals surface area contributed by atoms with Gasteiger partial charge in [0.1, 0.15) is 11.6 Å². The Morgan fingerprint density at radius 2 is 2.06 bits per heavy atom. The lowest BCUT2D eigenvalue weighted by Crippen LogP contribution is -2.20. The Balaban J connectivity index is 3.09. The van der Waals surface area contributed by atoms with Gasteiger partial charge in [-0.2, -0.15) is 0 Å². The summed E-state index contributed by atoms with van der Waals surface area (Å²) in [6.07, 6.45) is 1.52. The normalized spacial score (nSPS) is 14.4. The predicted octanol–water partition coefficient (Wildman–Crippen LogP) is 3.57. The van der Waals surface area contributed by atoms with Gasteiger partial charge in [-0.1, -0.05) is 26.3 Å². The van der Waals surface area contributed by atoms with E-state index in [-0.39, 0.29) is 11.5 Å². The minimum Gasteiger partial charge on any atom is -0.481 e. The highest BCUT2D eigenvalue weighted by atomic mass is 19.1. The highest BCUT2D eigenvalue weighted by molar-refractivity contribution is 5.76. The Bertz CT molecular complexity index is 404. The molecule has 2 nitrogen and oxygen atoms in total. The van der Waals surface area contributed by atoms with E-state index in [9.17, 15) is 13.6 Å². The van der Waals surface area contributed by atoms with Gasteiger partial charge in [0.25, 0.3) is 0 Å². The van der Waals surface area contributed by atoms with Crippen LogP contribution in [-0.2, 0) is 4.79 Å². The van der Waals surface area contributed by atoms with Gasteiger partial charge in [-0.3, -0.25) is 4.79 Å². The van der Waals surface area contributed by atoms with Crippen LogP contribution in [0.5, 0.6) is 0 Å². The first-order valence-corrected chi connectivity index (χ1v) is 5.65. The zero-order valence-electron chi connectivity index (χ0n) is 9.91. The average Bonchev–Trinajstić information content (AvgIpc) is 2.21. The second-order valence-electron chi connectivity index (χ2n) is 4.25. The third-order valence-corrected chi connectivity index (χ3v) is 2.88. The van der Waals surface area contributed by atoms with E-state index in [1.807, 2.05) is 6.92 Å². The fourth-order valence-corrected chi connectivity index (χ4v) is 2.06. The van der Waals surface area contributed by atoms with E-state index in [0.29, 0.717) is 6.42 Å². The zero-order chi connectivity index (χ0) is 13.0. The number of carboxylic acid groups (broad SMARTS) is 1. The summed E-state index contributed by atoms with van der Waals surface area (Å²) < 4.78 is 26.3. The van der Waals surface area contributed by atoms with Crippen LogP contribution in [-0.4, -0.2) is 11.1 Å². The van der Waals surface area contributed by atoms with Crippen molar-refractivity contribution in [3.63, 3.8) is 0 Å². The van der Waals surface area contributed by atoms with Gasteiger partial charge in [-0.15, -0.1) is 0 Å². The molecule has 4 heteroatoms. The van der Waals surface area contributed by atoms with Gasteiger partial charge in [0, 0.05) is 11.6 Å². The highest BCUT2D eigenvalue weighted by Crippen LogP contribution is 2.30.